The van der Waals surface area contributed by atoms with Crippen LogP contribution in [0.1, 0.15) is 4.11 Å². The first-order valence-electron chi connectivity index (χ1n) is 7.66. The minimum Gasteiger partial charge on any atom is -0.508 e. The van der Waals surface area contributed by atoms with Gasteiger partial charge in [-0.3, -0.25) is 4.79 Å². The van der Waals surface area contributed by atoms with Crippen molar-refractivity contribution in [1.82, 2.24) is 0 Å². The molecule has 0 aliphatic rings. The molecule has 3 aromatic rings. The van der Waals surface area contributed by atoms with Crippen molar-refractivity contribution in [2.24, 2.45) is 0 Å². The summed E-state index contributed by atoms with van der Waals surface area (Å²) < 4.78 is 31.2. The largest absolute Gasteiger partial charge is 0.508 e. The number of hydrogen-bond acceptors (Lipinski definition) is 6. The predicted molar refractivity (Wildman–Crippen MR) is 79.5 cm³/mol. The fourth-order valence-corrected chi connectivity index (χ4v) is 2.15. The number of aromatic hydroxyl groups is 3. The fourth-order valence-electron chi connectivity index (χ4n) is 2.15. The predicted octanol–water partition coefficient (Wildman–Crippen LogP) is 2.59. The first-order chi connectivity index (χ1) is 11.6. The number of rotatable bonds is 2. The Balaban J connectivity index is 2.11. The molecule has 1 heterocycles. The number of fused-ring (bicyclic) bond motifs is 1. The van der Waals surface area contributed by atoms with Crippen molar-refractivity contribution in [3.63, 3.8) is 0 Å². The van der Waals surface area contributed by atoms with Crippen LogP contribution in [0.5, 0.6) is 23.0 Å². The summed E-state index contributed by atoms with van der Waals surface area (Å²) in [6.45, 7) is 0. The van der Waals surface area contributed by atoms with E-state index >= 15 is 0 Å². The van der Waals surface area contributed by atoms with Gasteiger partial charge in [-0.15, -0.1) is 0 Å². The molecule has 1 aromatic heterocycles. The van der Waals surface area contributed by atoms with E-state index in [-0.39, 0.29) is 33.8 Å². The smallest absolute Gasteiger partial charge is 0.197 e. The lowest BCUT2D eigenvalue weighted by molar-refractivity contribution is 0.373. The Kier molecular flexibility index (Phi) is 2.40. The van der Waals surface area contributed by atoms with Gasteiger partial charge in [-0.05, 0) is 18.2 Å². The standard InChI is InChI=1S/C16H12O6/c1-21-13-3-2-8(4-10(13)18)14-7-12(20)16-11(19)5-9(17)6-15(16)22-14/h2-7,17-19H,1H3/i1D3. The van der Waals surface area contributed by atoms with Crippen LogP contribution < -0.4 is 10.2 Å². The van der Waals surface area contributed by atoms with Crippen molar-refractivity contribution in [1.29, 1.82) is 0 Å². The van der Waals surface area contributed by atoms with E-state index in [1.165, 1.54) is 24.3 Å². The van der Waals surface area contributed by atoms with Crippen LogP contribution in [0.25, 0.3) is 22.3 Å². The third kappa shape index (κ3) is 2.20. The third-order valence-corrected chi connectivity index (χ3v) is 3.15. The quantitative estimate of drug-likeness (QED) is 0.673. The molecule has 0 unspecified atom stereocenters. The first kappa shape index (κ1) is 10.6. The summed E-state index contributed by atoms with van der Waals surface area (Å²) in [5.41, 5.74) is -0.310. The Morgan fingerprint density at radius 2 is 1.91 bits per heavy atom. The Bertz CT molecular complexity index is 1020. The van der Waals surface area contributed by atoms with E-state index < -0.39 is 24.0 Å². The van der Waals surface area contributed by atoms with Gasteiger partial charge in [-0.25, -0.2) is 0 Å². The number of benzene rings is 2. The maximum absolute atomic E-state index is 12.2. The number of methoxy groups -OCH3 is 1. The molecule has 0 radical (unpaired) electrons. The number of hydrogen-bond donors (Lipinski definition) is 3. The van der Waals surface area contributed by atoms with E-state index in [9.17, 15) is 20.1 Å². The highest BCUT2D eigenvalue weighted by molar-refractivity contribution is 5.86. The molecule has 0 aliphatic heterocycles. The van der Waals surface area contributed by atoms with E-state index in [1.54, 1.807) is 0 Å². The van der Waals surface area contributed by atoms with E-state index in [4.69, 9.17) is 8.53 Å². The van der Waals surface area contributed by atoms with Gasteiger partial charge < -0.3 is 24.5 Å². The molecule has 22 heavy (non-hydrogen) atoms. The van der Waals surface area contributed by atoms with Crippen molar-refractivity contribution in [2.75, 3.05) is 7.04 Å². The molecule has 0 aliphatic carbocycles. The SMILES string of the molecule is [2H]C([2H])([2H])Oc1ccc(-c2cc(=O)c3c(O)cc(O)cc3o2)cc1O. The maximum atomic E-state index is 12.2. The Labute approximate surface area is 128 Å². The molecule has 6 heteroatoms. The number of phenolic OH excluding ortho intramolecular Hbond substituents is 3. The first-order valence-corrected chi connectivity index (χ1v) is 6.16. The lowest BCUT2D eigenvalue weighted by atomic mass is 10.1. The monoisotopic (exact) mass is 303 g/mol. The number of phenols is 3. The van der Waals surface area contributed by atoms with Crippen LogP contribution in [0.4, 0.5) is 0 Å². The summed E-state index contributed by atoms with van der Waals surface area (Å²) in [7, 11) is -2.72. The third-order valence-electron chi connectivity index (χ3n) is 3.15. The zero-order valence-electron chi connectivity index (χ0n) is 14.0. The second-order valence-electron chi connectivity index (χ2n) is 4.60. The van der Waals surface area contributed by atoms with Crippen LogP contribution in [0.3, 0.4) is 0 Å². The highest BCUT2D eigenvalue weighted by Gasteiger charge is 2.13. The molecule has 0 saturated heterocycles. The minimum absolute atomic E-state index is 0.0395. The molecule has 0 fully saturated rings. The summed E-state index contributed by atoms with van der Waals surface area (Å²) in [6.07, 6.45) is 0. The van der Waals surface area contributed by atoms with Crippen molar-refractivity contribution in [3.8, 4) is 34.3 Å². The lowest BCUT2D eigenvalue weighted by Gasteiger charge is -2.07. The van der Waals surface area contributed by atoms with Crippen LogP contribution in [-0.2, 0) is 0 Å². The average Bonchev–Trinajstić information content (AvgIpc) is 2.46. The molecule has 0 bridgehead atoms. The zero-order valence-corrected chi connectivity index (χ0v) is 11.0. The molecular formula is C16H12O6. The Morgan fingerprint density at radius 3 is 2.64 bits per heavy atom. The average molecular weight is 303 g/mol. The van der Waals surface area contributed by atoms with E-state index in [0.717, 1.165) is 12.1 Å². The van der Waals surface area contributed by atoms with E-state index in [0.29, 0.717) is 0 Å². The van der Waals surface area contributed by atoms with E-state index in [2.05, 4.69) is 4.74 Å². The van der Waals surface area contributed by atoms with Crippen LogP contribution in [0.2, 0.25) is 0 Å². The van der Waals surface area contributed by atoms with Gasteiger partial charge in [0.2, 0.25) is 0 Å². The normalized spacial score (nSPS) is 13.4. The molecule has 2 aromatic carbocycles. The number of ether oxygens (including phenoxy) is 1. The lowest BCUT2D eigenvalue weighted by Crippen LogP contribution is -2.00. The van der Waals surface area contributed by atoms with Gasteiger partial charge in [0.15, 0.2) is 16.9 Å². The molecule has 0 atom stereocenters. The van der Waals surface area contributed by atoms with Gasteiger partial charge in [0.25, 0.3) is 0 Å². The van der Waals surface area contributed by atoms with Crippen LogP contribution in [0, 0.1) is 0 Å². The molecule has 6 nitrogen and oxygen atoms in total. The van der Waals surface area contributed by atoms with Crippen molar-refractivity contribution in [2.45, 2.75) is 0 Å². The summed E-state index contributed by atoms with van der Waals surface area (Å²) in [4.78, 5) is 12.2. The van der Waals surface area contributed by atoms with Gasteiger partial charge >= 0.3 is 0 Å². The molecule has 3 N–H and O–H groups in total. The summed E-state index contributed by atoms with van der Waals surface area (Å²) in [5, 5.41) is 29.1. The molecule has 3 rings (SSSR count). The second kappa shape index (κ2) is 5.00. The Morgan fingerprint density at radius 1 is 1.09 bits per heavy atom. The topological polar surface area (TPSA) is 100 Å². The molecule has 0 amide bonds. The van der Waals surface area contributed by atoms with Crippen molar-refractivity contribution in [3.05, 3.63) is 46.6 Å². The maximum Gasteiger partial charge on any atom is 0.197 e. The molecule has 0 saturated carbocycles. The molecular weight excluding hydrogens is 288 g/mol. The van der Waals surface area contributed by atoms with Gasteiger partial charge in [0.1, 0.15) is 28.2 Å². The molecule has 112 valence electrons. The molecule has 0 spiro atoms. The highest BCUT2D eigenvalue weighted by atomic mass is 16.5. The van der Waals surface area contributed by atoms with E-state index in [1.807, 2.05) is 0 Å². The summed E-state index contributed by atoms with van der Waals surface area (Å²) in [5.74, 6) is -1.34. The van der Waals surface area contributed by atoms with Crippen molar-refractivity contribution < 1.29 is 28.6 Å². The Hall–Kier alpha value is -3.15. The van der Waals surface area contributed by atoms with Crippen LogP contribution in [-0.4, -0.2) is 22.4 Å². The summed E-state index contributed by atoms with van der Waals surface area (Å²) >= 11 is 0. The second-order valence-corrected chi connectivity index (χ2v) is 4.60. The zero-order chi connectivity index (χ0) is 18.4. The van der Waals surface area contributed by atoms with Gasteiger partial charge in [-0.2, -0.15) is 0 Å². The van der Waals surface area contributed by atoms with Gasteiger partial charge in [-0.1, -0.05) is 0 Å². The summed E-state index contributed by atoms with van der Waals surface area (Å²) in [6, 6.07) is 7.10. The van der Waals surface area contributed by atoms with Gasteiger partial charge in [0.05, 0.1) is 11.2 Å². The minimum atomic E-state index is -2.72. The fraction of sp³-hybridized carbons (Fsp3) is 0.0625. The van der Waals surface area contributed by atoms with Crippen LogP contribution >= 0.6 is 0 Å². The highest BCUT2D eigenvalue weighted by Crippen LogP contribution is 2.34. The van der Waals surface area contributed by atoms with Crippen LogP contribution in [0.15, 0.2) is 45.6 Å². The van der Waals surface area contributed by atoms with Gasteiger partial charge in [0, 0.05) is 23.8 Å². The van der Waals surface area contributed by atoms with Crippen molar-refractivity contribution >= 4 is 11.0 Å².